The Kier molecular flexibility index (Phi) is 6.89. The van der Waals surface area contributed by atoms with Crippen molar-refractivity contribution < 1.29 is 13.6 Å². The van der Waals surface area contributed by atoms with Crippen molar-refractivity contribution in [1.82, 2.24) is 0 Å². The van der Waals surface area contributed by atoms with Crippen molar-refractivity contribution in [3.8, 4) is 0 Å². The molecule has 2 aromatic carbocycles. The highest BCUT2D eigenvalue weighted by molar-refractivity contribution is 8.00. The van der Waals surface area contributed by atoms with E-state index in [0.29, 0.717) is 10.8 Å². The van der Waals surface area contributed by atoms with Crippen molar-refractivity contribution in [1.29, 1.82) is 0 Å². The summed E-state index contributed by atoms with van der Waals surface area (Å²) in [4.78, 5) is 13.8. The van der Waals surface area contributed by atoms with E-state index in [9.17, 15) is 13.6 Å². The fraction of sp³-hybridized carbons (Fsp3) is 0.409. The number of nitrogens with one attached hydrogen (secondary N) is 1. The topological polar surface area (TPSA) is 29.1 Å². The molecular formula is C22H25F2NOS. The standard InChI is InChI=1S/C22H25F2NOS/c1-2-6-15-9-10-16(13-21(15)27-18-7-4-3-5-8-18)22(26)25-17-11-12-19(23)20(24)14-17/h9-14,18H,2-8H2,1H3,(H,25,26). The Labute approximate surface area is 163 Å². The third kappa shape index (κ3) is 5.32. The summed E-state index contributed by atoms with van der Waals surface area (Å²) in [5.41, 5.74) is 2.06. The molecule has 2 aromatic rings. The van der Waals surface area contributed by atoms with E-state index in [1.54, 1.807) is 0 Å². The quantitative estimate of drug-likeness (QED) is 0.603. The first-order chi connectivity index (χ1) is 13.1. The summed E-state index contributed by atoms with van der Waals surface area (Å²) >= 11 is 1.88. The SMILES string of the molecule is CCCc1ccc(C(=O)Nc2ccc(F)c(F)c2)cc1SC1CCCCC1. The number of amides is 1. The van der Waals surface area contributed by atoms with Gasteiger partial charge in [-0.15, -0.1) is 11.8 Å². The lowest BCUT2D eigenvalue weighted by Gasteiger charge is -2.22. The fourth-order valence-corrected chi connectivity index (χ4v) is 4.87. The molecule has 0 aliphatic heterocycles. The normalized spacial score (nSPS) is 14.9. The molecule has 1 N–H and O–H groups in total. The number of rotatable bonds is 6. The lowest BCUT2D eigenvalue weighted by atomic mass is 10.0. The van der Waals surface area contributed by atoms with Gasteiger partial charge in [0.1, 0.15) is 0 Å². The average Bonchev–Trinajstić information content (AvgIpc) is 2.67. The maximum absolute atomic E-state index is 13.4. The van der Waals surface area contributed by atoms with Gasteiger partial charge in [-0.2, -0.15) is 0 Å². The zero-order valence-corrected chi connectivity index (χ0v) is 16.4. The van der Waals surface area contributed by atoms with Crippen LogP contribution in [0, 0.1) is 11.6 Å². The molecule has 0 spiro atoms. The molecule has 3 rings (SSSR count). The zero-order valence-electron chi connectivity index (χ0n) is 15.6. The van der Waals surface area contributed by atoms with Crippen LogP contribution in [0.3, 0.4) is 0 Å². The lowest BCUT2D eigenvalue weighted by molar-refractivity contribution is 0.102. The largest absolute Gasteiger partial charge is 0.322 e. The molecule has 1 amide bonds. The first-order valence-corrected chi connectivity index (χ1v) is 10.5. The molecule has 0 heterocycles. The van der Waals surface area contributed by atoms with Crippen LogP contribution in [0.15, 0.2) is 41.3 Å². The number of anilines is 1. The summed E-state index contributed by atoms with van der Waals surface area (Å²) in [6.45, 7) is 2.15. The average molecular weight is 390 g/mol. The van der Waals surface area contributed by atoms with Crippen molar-refractivity contribution in [3.05, 3.63) is 59.2 Å². The number of hydrogen-bond donors (Lipinski definition) is 1. The molecule has 0 saturated heterocycles. The van der Waals surface area contributed by atoms with Gasteiger partial charge in [0.05, 0.1) is 0 Å². The molecule has 27 heavy (non-hydrogen) atoms. The summed E-state index contributed by atoms with van der Waals surface area (Å²) in [7, 11) is 0. The van der Waals surface area contributed by atoms with Gasteiger partial charge in [0, 0.05) is 27.5 Å². The van der Waals surface area contributed by atoms with Gasteiger partial charge in [-0.05, 0) is 49.1 Å². The Morgan fingerprint density at radius 1 is 1.07 bits per heavy atom. The van der Waals surface area contributed by atoms with Crippen LogP contribution in [0.2, 0.25) is 0 Å². The van der Waals surface area contributed by atoms with Gasteiger partial charge < -0.3 is 5.32 Å². The maximum Gasteiger partial charge on any atom is 0.255 e. The lowest BCUT2D eigenvalue weighted by Crippen LogP contribution is -2.13. The van der Waals surface area contributed by atoms with Gasteiger partial charge in [0.25, 0.3) is 5.91 Å². The minimum absolute atomic E-state index is 0.248. The van der Waals surface area contributed by atoms with Crippen LogP contribution < -0.4 is 5.32 Å². The predicted molar refractivity (Wildman–Crippen MR) is 107 cm³/mol. The second-order valence-corrected chi connectivity index (χ2v) is 8.38. The zero-order chi connectivity index (χ0) is 19.2. The van der Waals surface area contributed by atoms with Gasteiger partial charge in [-0.3, -0.25) is 4.79 Å². The number of halogens is 2. The third-order valence-electron chi connectivity index (χ3n) is 4.87. The van der Waals surface area contributed by atoms with Crippen LogP contribution in [0.4, 0.5) is 14.5 Å². The minimum Gasteiger partial charge on any atom is -0.322 e. The highest BCUT2D eigenvalue weighted by atomic mass is 32.2. The highest BCUT2D eigenvalue weighted by Gasteiger charge is 2.18. The molecule has 0 radical (unpaired) electrons. The molecule has 0 unspecified atom stereocenters. The third-order valence-corrected chi connectivity index (χ3v) is 6.31. The van der Waals surface area contributed by atoms with Crippen molar-refractivity contribution in [2.24, 2.45) is 0 Å². The summed E-state index contributed by atoms with van der Waals surface area (Å²) < 4.78 is 26.4. The number of aryl methyl sites for hydroxylation is 1. The van der Waals surface area contributed by atoms with Gasteiger partial charge in [0.15, 0.2) is 11.6 Å². The Morgan fingerprint density at radius 3 is 2.56 bits per heavy atom. The Bertz CT molecular complexity index is 803. The van der Waals surface area contributed by atoms with Crippen molar-refractivity contribution in [2.45, 2.75) is 62.0 Å². The van der Waals surface area contributed by atoms with Gasteiger partial charge >= 0.3 is 0 Å². The number of hydrogen-bond acceptors (Lipinski definition) is 2. The monoisotopic (exact) mass is 389 g/mol. The van der Waals surface area contributed by atoms with Crippen LogP contribution in [0.25, 0.3) is 0 Å². The first kappa shape index (κ1) is 19.9. The van der Waals surface area contributed by atoms with E-state index in [-0.39, 0.29) is 11.6 Å². The fourth-order valence-electron chi connectivity index (χ4n) is 3.42. The second kappa shape index (κ2) is 9.36. The van der Waals surface area contributed by atoms with Gasteiger partial charge in [0.2, 0.25) is 0 Å². The molecule has 0 aromatic heterocycles. The summed E-state index contributed by atoms with van der Waals surface area (Å²) in [5.74, 6) is -2.21. The summed E-state index contributed by atoms with van der Waals surface area (Å²) in [5, 5.41) is 3.26. The number of carbonyl (C=O) groups is 1. The van der Waals surface area contributed by atoms with Crippen molar-refractivity contribution >= 4 is 23.4 Å². The predicted octanol–water partition coefficient (Wildman–Crippen LogP) is 6.59. The van der Waals surface area contributed by atoms with Gasteiger partial charge in [-0.1, -0.05) is 38.7 Å². The molecule has 2 nitrogen and oxygen atoms in total. The Morgan fingerprint density at radius 2 is 1.85 bits per heavy atom. The van der Waals surface area contributed by atoms with Crippen LogP contribution >= 0.6 is 11.8 Å². The van der Waals surface area contributed by atoms with Gasteiger partial charge in [-0.25, -0.2) is 8.78 Å². The molecular weight excluding hydrogens is 364 g/mol. The van der Waals surface area contributed by atoms with Crippen molar-refractivity contribution in [3.63, 3.8) is 0 Å². The second-order valence-electron chi connectivity index (χ2n) is 7.03. The number of benzene rings is 2. The number of thioether (sulfide) groups is 1. The van der Waals surface area contributed by atoms with E-state index in [1.165, 1.54) is 48.6 Å². The van der Waals surface area contributed by atoms with Crippen LogP contribution in [-0.2, 0) is 6.42 Å². The van der Waals surface area contributed by atoms with E-state index >= 15 is 0 Å². The molecule has 5 heteroatoms. The van der Waals surface area contributed by atoms with E-state index in [2.05, 4.69) is 12.2 Å². The Balaban J connectivity index is 1.78. The van der Waals surface area contributed by atoms with E-state index < -0.39 is 11.6 Å². The van der Waals surface area contributed by atoms with Crippen LogP contribution in [-0.4, -0.2) is 11.2 Å². The molecule has 1 saturated carbocycles. The van der Waals surface area contributed by atoms with E-state index in [1.807, 2.05) is 30.0 Å². The van der Waals surface area contributed by atoms with E-state index in [4.69, 9.17) is 0 Å². The first-order valence-electron chi connectivity index (χ1n) is 9.63. The van der Waals surface area contributed by atoms with Crippen LogP contribution in [0.5, 0.6) is 0 Å². The van der Waals surface area contributed by atoms with Crippen molar-refractivity contribution in [2.75, 3.05) is 5.32 Å². The smallest absolute Gasteiger partial charge is 0.255 e. The van der Waals surface area contributed by atoms with E-state index in [0.717, 1.165) is 25.0 Å². The Hall–Kier alpha value is -1.88. The minimum atomic E-state index is -0.973. The molecule has 144 valence electrons. The molecule has 1 aliphatic rings. The molecule has 1 fully saturated rings. The molecule has 1 aliphatic carbocycles. The van der Waals surface area contributed by atoms with Crippen LogP contribution in [0.1, 0.15) is 61.4 Å². The summed E-state index contributed by atoms with van der Waals surface area (Å²) in [6, 6.07) is 9.15. The maximum atomic E-state index is 13.4. The number of carbonyl (C=O) groups excluding carboxylic acids is 1. The summed E-state index contributed by atoms with van der Waals surface area (Å²) in [6.07, 6.45) is 8.35. The molecule has 0 atom stereocenters. The highest BCUT2D eigenvalue weighted by Crippen LogP contribution is 2.36. The molecule has 0 bridgehead atoms.